The van der Waals surface area contributed by atoms with Crippen LogP contribution in [0, 0.1) is 13.8 Å². The van der Waals surface area contributed by atoms with Crippen molar-refractivity contribution >= 4 is 52.2 Å². The van der Waals surface area contributed by atoms with Gasteiger partial charge in [0, 0.05) is 22.1 Å². The summed E-state index contributed by atoms with van der Waals surface area (Å²) in [5.74, 6) is -0.766. The van der Waals surface area contributed by atoms with Gasteiger partial charge in [-0.3, -0.25) is 9.59 Å². The van der Waals surface area contributed by atoms with E-state index in [4.69, 9.17) is 16.3 Å². The van der Waals surface area contributed by atoms with Gasteiger partial charge in [0.05, 0.1) is 22.8 Å². The van der Waals surface area contributed by atoms with Crippen LogP contribution in [0.3, 0.4) is 0 Å². The summed E-state index contributed by atoms with van der Waals surface area (Å²) in [7, 11) is 0. The van der Waals surface area contributed by atoms with E-state index >= 15 is 0 Å². The molecule has 4 rings (SSSR count). The third-order valence-electron chi connectivity index (χ3n) is 5.23. The minimum absolute atomic E-state index is 0.305. The Labute approximate surface area is 200 Å². The van der Waals surface area contributed by atoms with Crippen molar-refractivity contribution in [3.63, 3.8) is 0 Å². The number of thioether (sulfide) groups is 1. The summed E-state index contributed by atoms with van der Waals surface area (Å²) >= 11 is 6.92. The number of benzene rings is 2. The quantitative estimate of drug-likeness (QED) is 0.323. The van der Waals surface area contributed by atoms with Crippen LogP contribution in [0.25, 0.3) is 11.8 Å². The van der Waals surface area contributed by atoms with E-state index in [-0.39, 0.29) is 17.1 Å². The molecule has 1 aliphatic heterocycles. The normalized spacial score (nSPS) is 14.9. The smallest absolute Gasteiger partial charge is 0.338 e. The largest absolute Gasteiger partial charge is 0.462 e. The molecule has 0 aliphatic carbocycles. The zero-order chi connectivity index (χ0) is 23.7. The first-order chi connectivity index (χ1) is 15.8. The summed E-state index contributed by atoms with van der Waals surface area (Å²) in [6.45, 7) is 5.94. The molecule has 0 radical (unpaired) electrons. The highest BCUT2D eigenvalue weighted by Gasteiger charge is 2.36. The van der Waals surface area contributed by atoms with Crippen LogP contribution in [0.2, 0.25) is 5.02 Å². The number of carbonyl (C=O) groups is 3. The SMILES string of the molecule is CCOC(=O)c1cccc(-n2c(C)cc(/C=C3/SC(=O)N(c4cccc(Cl)c4)C3=O)c2C)c1. The zero-order valence-corrected chi connectivity index (χ0v) is 19.9. The summed E-state index contributed by atoms with van der Waals surface area (Å²) in [6, 6.07) is 15.8. The van der Waals surface area contributed by atoms with E-state index in [1.165, 1.54) is 0 Å². The van der Waals surface area contributed by atoms with Crippen molar-refractivity contribution in [2.24, 2.45) is 0 Å². The van der Waals surface area contributed by atoms with E-state index in [1.54, 1.807) is 55.5 Å². The van der Waals surface area contributed by atoms with Crippen LogP contribution in [-0.2, 0) is 9.53 Å². The topological polar surface area (TPSA) is 68.6 Å². The van der Waals surface area contributed by atoms with Gasteiger partial charge in [0.25, 0.3) is 11.1 Å². The Morgan fingerprint density at radius 2 is 1.79 bits per heavy atom. The summed E-state index contributed by atoms with van der Waals surface area (Å²) in [5, 5.41) is 0.0774. The highest BCUT2D eigenvalue weighted by Crippen LogP contribution is 2.37. The Morgan fingerprint density at radius 1 is 1.06 bits per heavy atom. The molecule has 0 N–H and O–H groups in total. The summed E-state index contributed by atoms with van der Waals surface area (Å²) in [4.78, 5) is 39.2. The molecule has 2 aromatic carbocycles. The summed E-state index contributed by atoms with van der Waals surface area (Å²) in [5.41, 5.74) is 4.32. The highest BCUT2D eigenvalue weighted by atomic mass is 35.5. The number of esters is 1. The number of aromatic nitrogens is 1. The molecule has 1 fully saturated rings. The first kappa shape index (κ1) is 22.9. The number of ether oxygens (including phenoxy) is 1. The minimum atomic E-state index is -0.388. The Kier molecular flexibility index (Phi) is 6.44. The van der Waals surface area contributed by atoms with Gasteiger partial charge in [-0.05, 0) is 86.6 Å². The zero-order valence-electron chi connectivity index (χ0n) is 18.3. The fourth-order valence-corrected chi connectivity index (χ4v) is 4.78. The van der Waals surface area contributed by atoms with Crippen molar-refractivity contribution < 1.29 is 19.1 Å². The van der Waals surface area contributed by atoms with Gasteiger partial charge >= 0.3 is 5.97 Å². The fourth-order valence-electron chi connectivity index (χ4n) is 3.76. The molecule has 33 heavy (non-hydrogen) atoms. The van der Waals surface area contributed by atoms with Gasteiger partial charge < -0.3 is 9.30 Å². The fraction of sp³-hybridized carbons (Fsp3) is 0.160. The van der Waals surface area contributed by atoms with Gasteiger partial charge in [0.15, 0.2) is 0 Å². The molecule has 1 aromatic heterocycles. The molecule has 0 atom stereocenters. The second-order valence-electron chi connectivity index (χ2n) is 7.43. The Balaban J connectivity index is 1.68. The monoisotopic (exact) mass is 480 g/mol. The lowest BCUT2D eigenvalue weighted by Crippen LogP contribution is -2.27. The van der Waals surface area contributed by atoms with Gasteiger partial charge in [-0.25, -0.2) is 9.69 Å². The number of halogens is 1. The molecule has 168 valence electrons. The number of aryl methyl sites for hydroxylation is 1. The molecule has 0 saturated carbocycles. The average molecular weight is 481 g/mol. The lowest BCUT2D eigenvalue weighted by atomic mass is 10.2. The standard InChI is InChI=1S/C25H21ClN2O4S/c1-4-32-24(30)17-7-5-9-20(12-17)27-15(2)11-18(16(27)3)13-22-23(29)28(25(31)33-22)21-10-6-8-19(26)14-21/h5-14H,4H2,1-3H3/b22-13+. The molecule has 2 amide bonds. The highest BCUT2D eigenvalue weighted by molar-refractivity contribution is 8.19. The van der Waals surface area contributed by atoms with E-state index in [0.29, 0.717) is 27.8 Å². The van der Waals surface area contributed by atoms with Crippen molar-refractivity contribution in [2.45, 2.75) is 20.8 Å². The summed E-state index contributed by atoms with van der Waals surface area (Å²) in [6.07, 6.45) is 1.73. The van der Waals surface area contributed by atoms with Gasteiger partial charge in [0.2, 0.25) is 0 Å². The third-order valence-corrected chi connectivity index (χ3v) is 6.34. The predicted octanol–water partition coefficient (Wildman–Crippen LogP) is 6.17. The first-order valence-corrected chi connectivity index (χ1v) is 11.5. The second kappa shape index (κ2) is 9.29. The van der Waals surface area contributed by atoms with E-state index in [9.17, 15) is 14.4 Å². The molecule has 6 nitrogen and oxygen atoms in total. The molecule has 1 saturated heterocycles. The van der Waals surface area contributed by atoms with Crippen LogP contribution >= 0.6 is 23.4 Å². The maximum absolute atomic E-state index is 13.0. The second-order valence-corrected chi connectivity index (χ2v) is 8.86. The van der Waals surface area contributed by atoms with Crippen molar-refractivity contribution in [2.75, 3.05) is 11.5 Å². The van der Waals surface area contributed by atoms with Crippen molar-refractivity contribution in [3.8, 4) is 5.69 Å². The molecule has 0 unspecified atom stereocenters. The Morgan fingerprint density at radius 3 is 2.52 bits per heavy atom. The maximum atomic E-state index is 13.0. The van der Waals surface area contributed by atoms with Gasteiger partial charge in [-0.2, -0.15) is 0 Å². The van der Waals surface area contributed by atoms with Gasteiger partial charge in [0.1, 0.15) is 0 Å². The van der Waals surface area contributed by atoms with Gasteiger partial charge in [-0.1, -0.05) is 23.7 Å². The number of rotatable bonds is 5. The molecular formula is C25H21ClN2O4S. The number of hydrogen-bond donors (Lipinski definition) is 0. The van der Waals surface area contributed by atoms with E-state index in [2.05, 4.69) is 0 Å². The van der Waals surface area contributed by atoms with E-state index < -0.39 is 0 Å². The van der Waals surface area contributed by atoms with Crippen molar-refractivity contribution in [1.29, 1.82) is 0 Å². The van der Waals surface area contributed by atoms with Crippen molar-refractivity contribution in [3.05, 3.63) is 87.0 Å². The van der Waals surface area contributed by atoms with Crippen molar-refractivity contribution in [1.82, 2.24) is 4.57 Å². The molecule has 8 heteroatoms. The predicted molar refractivity (Wildman–Crippen MR) is 131 cm³/mol. The molecule has 0 bridgehead atoms. The first-order valence-electron chi connectivity index (χ1n) is 10.3. The van der Waals surface area contributed by atoms with Crippen LogP contribution in [-0.4, -0.2) is 28.3 Å². The lowest BCUT2D eigenvalue weighted by Gasteiger charge is -2.12. The number of nitrogens with zero attached hydrogens (tertiary/aromatic N) is 2. The van der Waals surface area contributed by atoms with E-state index in [0.717, 1.165) is 39.3 Å². The van der Waals surface area contributed by atoms with Crippen LogP contribution in [0.5, 0.6) is 0 Å². The number of hydrogen-bond acceptors (Lipinski definition) is 5. The van der Waals surface area contributed by atoms with Crippen LogP contribution in [0.4, 0.5) is 10.5 Å². The van der Waals surface area contributed by atoms with Gasteiger partial charge in [-0.15, -0.1) is 0 Å². The van der Waals surface area contributed by atoms with Crippen LogP contribution in [0.15, 0.2) is 59.5 Å². The average Bonchev–Trinajstić information content (AvgIpc) is 3.22. The number of anilines is 1. The molecule has 2 heterocycles. The number of amides is 2. The molecule has 0 spiro atoms. The lowest BCUT2D eigenvalue weighted by molar-refractivity contribution is -0.113. The number of carbonyl (C=O) groups excluding carboxylic acids is 3. The molecular weight excluding hydrogens is 460 g/mol. The Hall–Kier alpha value is -3.29. The minimum Gasteiger partial charge on any atom is -0.462 e. The Bertz CT molecular complexity index is 1310. The summed E-state index contributed by atoms with van der Waals surface area (Å²) < 4.78 is 7.10. The third kappa shape index (κ3) is 4.47. The number of imide groups is 1. The van der Waals surface area contributed by atoms with E-state index in [1.807, 2.05) is 30.5 Å². The van der Waals surface area contributed by atoms with Crippen LogP contribution in [0.1, 0.15) is 34.2 Å². The maximum Gasteiger partial charge on any atom is 0.338 e. The molecule has 1 aliphatic rings. The molecule has 3 aromatic rings. The van der Waals surface area contributed by atoms with Crippen LogP contribution < -0.4 is 4.90 Å².